The molecule has 0 saturated heterocycles. The first-order valence-corrected chi connectivity index (χ1v) is 0.236. The van der Waals surface area contributed by atoms with Crippen LogP contribution < -0.4 is 28.3 Å². The van der Waals surface area contributed by atoms with E-state index in [-0.39, 0.29) is 28.3 Å². The van der Waals surface area contributed by atoms with Crippen molar-refractivity contribution in [1.29, 1.82) is 0 Å². The van der Waals surface area contributed by atoms with Crippen molar-refractivity contribution in [2.75, 3.05) is 0 Å². The quantitative estimate of drug-likeness (QED) is 0.259. The van der Waals surface area contributed by atoms with E-state index in [1.807, 2.05) is 0 Å². The van der Waals surface area contributed by atoms with E-state index < -0.39 is 0 Å². The summed E-state index contributed by atoms with van der Waals surface area (Å²) in [5.41, 5.74) is 0. The zero-order valence-electron chi connectivity index (χ0n) is 2.74. The predicted octanol–water partition coefficient (Wildman–Crippen LogP) is -9.49. The van der Waals surface area contributed by atoms with Crippen LogP contribution in [0.5, 0.6) is 0 Å². The van der Waals surface area contributed by atoms with Crippen molar-refractivity contribution in [3.05, 3.63) is 0 Å². The van der Waals surface area contributed by atoms with E-state index in [2.05, 4.69) is 7.72 Å². The number of rotatable bonds is 0. The zero-order valence-corrected chi connectivity index (χ0v) is 2.74. The minimum Gasteiger partial charge on any atom is -1.00 e. The zero-order chi connectivity index (χ0) is 2.00. The molecule has 0 radical (unpaired) electrons. The monoisotopic (exact) mass is 72.0 g/mol. The summed E-state index contributed by atoms with van der Waals surface area (Å²) in [6.07, 6.45) is 0. The van der Waals surface area contributed by atoms with Gasteiger partial charge in [-0.1, -0.05) is 0 Å². The Hall–Kier alpha value is 0.322. The molecule has 0 bridgehead atoms. The van der Waals surface area contributed by atoms with Crippen LogP contribution in [-0.4, -0.2) is 7.72 Å². The summed E-state index contributed by atoms with van der Waals surface area (Å²) < 4.78 is 7.75. The van der Waals surface area contributed by atoms with Crippen LogP contribution in [0.2, 0.25) is 0 Å². The molecular weight excluding hydrogens is 71.7 g/mol. The molecule has 1 nitrogen and oxygen atoms in total. The maximum absolute atomic E-state index is 7.75. The van der Waals surface area contributed by atoms with Gasteiger partial charge in [0.15, 0.2) is 0 Å². The largest absolute Gasteiger partial charge is 1.00 e. The molecule has 0 saturated carbocycles. The second-order valence-electron chi connectivity index (χ2n) is 0. The van der Waals surface area contributed by atoms with Crippen LogP contribution in [0.3, 0.4) is 0 Å². The Kier molecular flexibility index (Phi) is 5220. The van der Waals surface area contributed by atoms with Gasteiger partial charge in [-0.2, -0.15) is 0 Å². The SMILES string of the molecule is [B+]=O.[F-].[F-].[Li+]. The Morgan fingerprint density at radius 3 is 1.00 bits per heavy atom. The van der Waals surface area contributed by atoms with Gasteiger partial charge in [0, 0.05) is 0 Å². The van der Waals surface area contributed by atoms with E-state index in [0.29, 0.717) is 0 Å². The van der Waals surface area contributed by atoms with E-state index in [0.717, 1.165) is 0 Å². The van der Waals surface area contributed by atoms with Gasteiger partial charge in [0.25, 0.3) is 0 Å². The normalized spacial score (nSPS) is 1.20. The third-order valence-electron chi connectivity index (χ3n) is 0. The fourth-order valence-electron chi connectivity index (χ4n) is 0. The third kappa shape index (κ3) is 224. The molecule has 0 N–H and O–H groups in total. The average molecular weight is 71.7 g/mol. The van der Waals surface area contributed by atoms with E-state index in [1.54, 1.807) is 0 Å². The van der Waals surface area contributed by atoms with Crippen LogP contribution in [0.25, 0.3) is 0 Å². The second kappa shape index (κ2) is 459. The molecule has 0 aromatic heterocycles. The Morgan fingerprint density at radius 2 is 1.00 bits per heavy atom. The molecule has 0 aliphatic rings. The van der Waals surface area contributed by atoms with Crippen molar-refractivity contribution < 1.29 is 33.0 Å². The summed E-state index contributed by atoms with van der Waals surface area (Å²) in [4.78, 5) is 0. The number of halogens is 2. The summed E-state index contributed by atoms with van der Waals surface area (Å²) in [7, 11) is 3.25. The molecule has 24 valence electrons. The summed E-state index contributed by atoms with van der Waals surface area (Å²) >= 11 is 0. The Bertz CT molecular complexity index is 9.61. The molecule has 0 atom stereocenters. The van der Waals surface area contributed by atoms with Crippen molar-refractivity contribution in [2.24, 2.45) is 0 Å². The van der Waals surface area contributed by atoms with Gasteiger partial charge in [0.2, 0.25) is 0 Å². The summed E-state index contributed by atoms with van der Waals surface area (Å²) in [6, 6.07) is 0. The van der Waals surface area contributed by atoms with Crippen molar-refractivity contribution in [3.8, 4) is 0 Å². The molecule has 0 unspecified atom stereocenters. The van der Waals surface area contributed by atoms with Crippen LogP contribution in [-0.2, 0) is 4.70 Å². The molecule has 5 heavy (non-hydrogen) atoms. The van der Waals surface area contributed by atoms with E-state index in [1.165, 1.54) is 0 Å². The van der Waals surface area contributed by atoms with E-state index in [9.17, 15) is 0 Å². The maximum Gasteiger partial charge on any atom is 1.00 e. The van der Waals surface area contributed by atoms with Gasteiger partial charge in [0.05, 0.1) is 0 Å². The van der Waals surface area contributed by atoms with Crippen LogP contribution in [0, 0.1) is 0 Å². The first-order valence-electron chi connectivity index (χ1n) is 0.236. The average Bonchev–Trinajstić information content (AvgIpc) is 1.00. The standard InChI is InChI=1S/BO.2FH.Li/c1-2;;;/h;2*1H;/q+1;;;+1/p-2. The summed E-state index contributed by atoms with van der Waals surface area (Å²) in [5, 5.41) is 0. The van der Waals surface area contributed by atoms with E-state index in [4.69, 9.17) is 4.70 Å². The summed E-state index contributed by atoms with van der Waals surface area (Å²) in [6.45, 7) is 0. The Morgan fingerprint density at radius 1 is 1.00 bits per heavy atom. The fraction of sp³-hybridized carbons (Fsp3) is 0. The molecule has 0 rings (SSSR count). The molecule has 0 aromatic carbocycles. The van der Waals surface area contributed by atoms with Crippen LogP contribution >= 0.6 is 0 Å². The first-order chi connectivity index (χ1) is 1.00. The molecule has 0 fully saturated rings. The maximum atomic E-state index is 7.75. The number of hydrogen-bond donors (Lipinski definition) is 0. The molecule has 5 heteroatoms. The molecule has 0 spiro atoms. The second-order valence-corrected chi connectivity index (χ2v) is 0. The smallest absolute Gasteiger partial charge is 1.00 e. The van der Waals surface area contributed by atoms with Gasteiger partial charge >= 0.3 is 31.3 Å². The van der Waals surface area contributed by atoms with Crippen LogP contribution in [0.1, 0.15) is 0 Å². The van der Waals surface area contributed by atoms with E-state index >= 15 is 0 Å². The molecule has 0 heterocycles. The minimum atomic E-state index is 0. The van der Waals surface area contributed by atoms with Crippen molar-refractivity contribution in [1.82, 2.24) is 0 Å². The summed E-state index contributed by atoms with van der Waals surface area (Å²) in [5.74, 6) is 0. The van der Waals surface area contributed by atoms with Gasteiger partial charge < -0.3 is 9.41 Å². The molecule has 0 aliphatic heterocycles. The third-order valence-corrected chi connectivity index (χ3v) is 0. The molecule has 0 aromatic rings. The molecular formula is BF2LiO. The minimum absolute atomic E-state index is 0. The van der Waals surface area contributed by atoms with Gasteiger partial charge in [0.1, 0.15) is 0 Å². The molecule has 0 aliphatic carbocycles. The van der Waals surface area contributed by atoms with Gasteiger partial charge in [-0.25, -0.2) is 0 Å². The first kappa shape index (κ1) is 56.9. The fourth-order valence-corrected chi connectivity index (χ4v) is 0. The molecule has 0 amide bonds. The topological polar surface area (TPSA) is 17.1 Å². The van der Waals surface area contributed by atoms with Crippen LogP contribution in [0.4, 0.5) is 0 Å². The van der Waals surface area contributed by atoms with Crippen LogP contribution in [0.15, 0.2) is 0 Å². The van der Waals surface area contributed by atoms with Crippen molar-refractivity contribution in [3.63, 3.8) is 0 Å². The Balaban J connectivity index is -0.00000000167. The van der Waals surface area contributed by atoms with Gasteiger partial charge in [-0.15, -0.1) is 0 Å². The predicted molar refractivity (Wildman–Crippen MR) is 6.44 cm³/mol. The Labute approximate surface area is 41.5 Å². The van der Waals surface area contributed by atoms with Gasteiger partial charge in [-0.3, -0.25) is 0 Å². The van der Waals surface area contributed by atoms with Crippen molar-refractivity contribution >= 4 is 7.72 Å². The number of hydrogen-bond acceptors (Lipinski definition) is 1. The van der Waals surface area contributed by atoms with Crippen molar-refractivity contribution in [2.45, 2.75) is 0 Å². The van der Waals surface area contributed by atoms with Gasteiger partial charge in [-0.05, 0) is 0 Å².